The van der Waals surface area contributed by atoms with E-state index in [2.05, 4.69) is 48.3 Å². The Morgan fingerprint density at radius 1 is 1.22 bits per heavy atom. The first-order valence-electron chi connectivity index (χ1n) is 9.50. The molecule has 2 aromatic carbocycles. The normalized spacial score (nSPS) is 25.6. The maximum atomic E-state index is 10.7. The number of hydrogen-bond donors (Lipinski definition) is 1. The molecule has 0 amide bonds. The van der Waals surface area contributed by atoms with E-state index in [1.54, 1.807) is 7.11 Å². The lowest BCUT2D eigenvalue weighted by Crippen LogP contribution is -2.39. The van der Waals surface area contributed by atoms with Gasteiger partial charge in [-0.2, -0.15) is 0 Å². The number of benzene rings is 2. The SMILES string of the molecule is COc1ccc([C@H]2CCC[C@](C)(/C(O)=C\[N+]#N)[C@@H]2Cc2ccccc2)cc1. The zero-order valence-electron chi connectivity index (χ0n) is 16.0. The summed E-state index contributed by atoms with van der Waals surface area (Å²) in [6, 6.07) is 18.7. The van der Waals surface area contributed by atoms with Crippen molar-refractivity contribution in [2.24, 2.45) is 11.3 Å². The van der Waals surface area contributed by atoms with Crippen LogP contribution in [-0.2, 0) is 6.42 Å². The minimum Gasteiger partial charge on any atom is -0.505 e. The Hall–Kier alpha value is -2.80. The molecule has 0 spiro atoms. The van der Waals surface area contributed by atoms with Gasteiger partial charge in [-0.05, 0) is 54.4 Å². The van der Waals surface area contributed by atoms with E-state index in [1.807, 2.05) is 18.2 Å². The summed E-state index contributed by atoms with van der Waals surface area (Å²) >= 11 is 0. The van der Waals surface area contributed by atoms with Crippen LogP contribution in [-0.4, -0.2) is 12.2 Å². The summed E-state index contributed by atoms with van der Waals surface area (Å²) in [5, 5.41) is 19.7. The van der Waals surface area contributed by atoms with Gasteiger partial charge in [-0.25, -0.2) is 0 Å². The van der Waals surface area contributed by atoms with E-state index in [0.717, 1.165) is 31.4 Å². The summed E-state index contributed by atoms with van der Waals surface area (Å²) in [6.45, 7) is 2.09. The first-order chi connectivity index (χ1) is 13.1. The van der Waals surface area contributed by atoms with Gasteiger partial charge in [0.15, 0.2) is 10.7 Å². The third-order valence-electron chi connectivity index (χ3n) is 6.12. The Morgan fingerprint density at radius 2 is 1.93 bits per heavy atom. The molecule has 4 nitrogen and oxygen atoms in total. The molecule has 1 aliphatic carbocycles. The van der Waals surface area contributed by atoms with Gasteiger partial charge in [0.1, 0.15) is 5.75 Å². The number of ether oxygens (including phenoxy) is 1. The number of allylic oxidation sites excluding steroid dienone is 1. The Labute approximate surface area is 161 Å². The number of rotatable bonds is 5. The van der Waals surface area contributed by atoms with Crippen molar-refractivity contribution in [3.8, 4) is 5.75 Å². The van der Waals surface area contributed by atoms with Crippen LogP contribution in [0.5, 0.6) is 5.75 Å². The lowest BCUT2D eigenvalue weighted by molar-refractivity contribution is 0.0809. The fourth-order valence-corrected chi connectivity index (χ4v) is 4.53. The van der Waals surface area contributed by atoms with Crippen molar-refractivity contribution in [1.29, 1.82) is 5.39 Å². The number of diazo groups is 1. The van der Waals surface area contributed by atoms with E-state index in [9.17, 15) is 5.11 Å². The summed E-state index contributed by atoms with van der Waals surface area (Å²) in [5.74, 6) is 1.51. The molecule has 0 bridgehead atoms. The Kier molecular flexibility index (Phi) is 5.81. The summed E-state index contributed by atoms with van der Waals surface area (Å²) in [7, 11) is 1.67. The van der Waals surface area contributed by atoms with Crippen LogP contribution in [0.4, 0.5) is 0 Å². The van der Waals surface area contributed by atoms with Gasteiger partial charge in [0.2, 0.25) is 5.39 Å². The molecule has 0 aromatic heterocycles. The number of aliphatic hydroxyl groups excluding tert-OH is 1. The highest BCUT2D eigenvalue weighted by molar-refractivity contribution is 5.32. The van der Waals surface area contributed by atoms with Crippen LogP contribution in [0, 0.1) is 16.7 Å². The highest BCUT2D eigenvalue weighted by Crippen LogP contribution is 2.53. The zero-order chi connectivity index (χ0) is 19.3. The van der Waals surface area contributed by atoms with Crippen LogP contribution in [0.25, 0.3) is 4.98 Å². The minimum atomic E-state index is -0.440. The molecule has 2 aromatic rings. The van der Waals surface area contributed by atoms with Crippen LogP contribution < -0.4 is 4.74 Å². The van der Waals surface area contributed by atoms with Crippen molar-refractivity contribution < 1.29 is 9.84 Å². The topological polar surface area (TPSA) is 57.6 Å². The average Bonchev–Trinajstić information content (AvgIpc) is 2.70. The van der Waals surface area contributed by atoms with E-state index >= 15 is 0 Å². The largest absolute Gasteiger partial charge is 0.505 e. The van der Waals surface area contributed by atoms with E-state index in [-0.39, 0.29) is 11.7 Å². The molecule has 4 heteroatoms. The molecular formula is C23H27N2O2+. The first kappa shape index (κ1) is 19.0. The number of methoxy groups -OCH3 is 1. The second kappa shape index (κ2) is 8.26. The van der Waals surface area contributed by atoms with Crippen LogP contribution in [0.2, 0.25) is 0 Å². The Balaban J connectivity index is 2.01. The van der Waals surface area contributed by atoms with Crippen molar-refractivity contribution >= 4 is 0 Å². The summed E-state index contributed by atoms with van der Waals surface area (Å²) in [6.07, 6.45) is 5.01. The number of aliphatic hydroxyl groups is 1. The molecular weight excluding hydrogens is 336 g/mol. The van der Waals surface area contributed by atoms with Crippen molar-refractivity contribution in [3.05, 3.63) is 82.7 Å². The fourth-order valence-electron chi connectivity index (χ4n) is 4.53. The third kappa shape index (κ3) is 3.98. The predicted octanol–water partition coefficient (Wildman–Crippen LogP) is 6.08. The van der Waals surface area contributed by atoms with Crippen LogP contribution in [0.15, 0.2) is 66.6 Å². The van der Waals surface area contributed by atoms with Crippen LogP contribution in [0.1, 0.15) is 43.2 Å². The fraction of sp³-hybridized carbons (Fsp3) is 0.391. The summed E-state index contributed by atoms with van der Waals surface area (Å²) in [4.78, 5) is 3.09. The van der Waals surface area contributed by atoms with E-state index < -0.39 is 5.41 Å². The molecule has 3 atom stereocenters. The van der Waals surface area contributed by atoms with Crippen molar-refractivity contribution in [2.75, 3.05) is 7.11 Å². The summed E-state index contributed by atoms with van der Waals surface area (Å²) in [5.41, 5.74) is 2.07. The molecule has 27 heavy (non-hydrogen) atoms. The maximum Gasteiger partial charge on any atom is 0.387 e. The van der Waals surface area contributed by atoms with Gasteiger partial charge < -0.3 is 9.84 Å². The average molecular weight is 363 g/mol. The third-order valence-corrected chi connectivity index (χ3v) is 6.12. The van der Waals surface area contributed by atoms with Gasteiger partial charge >= 0.3 is 6.20 Å². The Morgan fingerprint density at radius 3 is 2.56 bits per heavy atom. The van der Waals surface area contributed by atoms with Crippen molar-refractivity contribution in [1.82, 2.24) is 0 Å². The van der Waals surface area contributed by atoms with E-state index in [4.69, 9.17) is 10.1 Å². The summed E-state index contributed by atoms with van der Waals surface area (Å²) < 4.78 is 5.30. The standard InChI is InChI=1S/C23H26N2O2/c1-23(22(26)16-25-24)14-6-9-20(18-10-12-19(27-2)13-11-18)21(23)15-17-7-4-3-5-8-17/h3-5,7-8,10-13,16,20-21H,6,9,14-15H2,1-2H3/p+1/b22-16+/t20-,21-,23+/m1/s1. The molecule has 140 valence electrons. The van der Waals surface area contributed by atoms with E-state index in [1.165, 1.54) is 17.3 Å². The second-order valence-corrected chi connectivity index (χ2v) is 7.62. The molecule has 0 saturated heterocycles. The molecule has 0 aliphatic heterocycles. The number of nitrogens with zero attached hydrogens (tertiary/aromatic N) is 2. The van der Waals surface area contributed by atoms with Gasteiger partial charge in [0.25, 0.3) is 0 Å². The first-order valence-corrected chi connectivity index (χ1v) is 9.50. The molecule has 1 aliphatic rings. The second-order valence-electron chi connectivity index (χ2n) is 7.62. The highest BCUT2D eigenvalue weighted by Gasteiger charge is 2.46. The quantitative estimate of drug-likeness (QED) is 0.517. The minimum absolute atomic E-state index is 0.157. The molecule has 0 radical (unpaired) electrons. The monoisotopic (exact) mass is 363 g/mol. The maximum absolute atomic E-state index is 10.7. The van der Waals surface area contributed by atoms with E-state index in [0.29, 0.717) is 5.92 Å². The molecule has 0 unspecified atom stereocenters. The van der Waals surface area contributed by atoms with Crippen LogP contribution >= 0.6 is 0 Å². The molecule has 1 saturated carbocycles. The van der Waals surface area contributed by atoms with Gasteiger partial charge in [-0.1, -0.05) is 55.8 Å². The molecule has 3 rings (SSSR count). The zero-order valence-corrected chi connectivity index (χ0v) is 16.0. The number of hydrogen-bond acceptors (Lipinski definition) is 3. The predicted molar refractivity (Wildman–Crippen MR) is 107 cm³/mol. The van der Waals surface area contributed by atoms with Gasteiger partial charge in [-0.15, -0.1) is 0 Å². The van der Waals surface area contributed by atoms with Gasteiger partial charge in [0, 0.05) is 5.41 Å². The lowest BCUT2D eigenvalue weighted by atomic mass is 9.58. The smallest absolute Gasteiger partial charge is 0.387 e. The van der Waals surface area contributed by atoms with Gasteiger partial charge in [-0.3, -0.25) is 0 Å². The van der Waals surface area contributed by atoms with Crippen molar-refractivity contribution in [2.45, 2.75) is 38.5 Å². The molecule has 1 N–H and O–H groups in total. The molecule has 1 fully saturated rings. The van der Waals surface area contributed by atoms with Crippen molar-refractivity contribution in [3.63, 3.8) is 0 Å². The van der Waals surface area contributed by atoms with Gasteiger partial charge in [0.05, 0.1) is 7.11 Å². The van der Waals surface area contributed by atoms with Crippen LogP contribution in [0.3, 0.4) is 0 Å². The Bertz CT molecular complexity index is 824. The molecule has 0 heterocycles. The lowest BCUT2D eigenvalue weighted by Gasteiger charge is -2.45. The highest BCUT2D eigenvalue weighted by atomic mass is 16.5.